The van der Waals surface area contributed by atoms with E-state index >= 15 is 0 Å². The van der Waals surface area contributed by atoms with Crippen molar-refractivity contribution in [3.8, 4) is 0 Å². The first-order valence-electron chi connectivity index (χ1n) is 4.62. The summed E-state index contributed by atoms with van der Waals surface area (Å²) in [4.78, 5) is 21.4. The minimum atomic E-state index is -0.443. The van der Waals surface area contributed by atoms with Crippen LogP contribution in [0.3, 0.4) is 0 Å². The third-order valence-electron chi connectivity index (χ3n) is 1.01. The smallest absolute Gasteiger partial charge is 0.325 e. The van der Waals surface area contributed by atoms with E-state index in [0.717, 1.165) is 0 Å². The van der Waals surface area contributed by atoms with E-state index in [2.05, 4.69) is 14.8 Å². The molecule has 0 fully saturated rings. The summed E-state index contributed by atoms with van der Waals surface area (Å²) in [6.45, 7) is 5.88. The van der Waals surface area contributed by atoms with Gasteiger partial charge in [0.25, 0.3) is 0 Å². The molecule has 0 atom stereocenters. The number of rotatable bonds is 5. The summed E-state index contributed by atoms with van der Waals surface area (Å²) in [7, 11) is 1.41. The second kappa shape index (κ2) is 11.9. The quantitative estimate of drug-likeness (QED) is 0.657. The number of amides is 1. The van der Waals surface area contributed by atoms with Gasteiger partial charge in [-0.1, -0.05) is 13.8 Å². The molecule has 0 aromatic carbocycles. The highest BCUT2D eigenvalue weighted by molar-refractivity contribution is 5.82. The van der Waals surface area contributed by atoms with Crippen LogP contribution in [-0.4, -0.2) is 38.7 Å². The van der Waals surface area contributed by atoms with Crippen molar-refractivity contribution in [2.24, 2.45) is 0 Å². The molecule has 0 aliphatic carbocycles. The lowest BCUT2D eigenvalue weighted by Gasteiger charge is -2.03. The van der Waals surface area contributed by atoms with Gasteiger partial charge in [-0.2, -0.15) is 0 Å². The zero-order chi connectivity index (χ0) is 11.4. The minimum absolute atomic E-state index is 0.0423. The Morgan fingerprint density at radius 1 is 1.29 bits per heavy atom. The standard InChI is InChI=1S/C7H13NO4.C2H6/c1-3-12-7(10)4-8-6(9)5-11-2;1-2/h3-5H2,1-2H3,(H,8,9);1-2H3. The van der Waals surface area contributed by atoms with E-state index in [1.807, 2.05) is 13.8 Å². The van der Waals surface area contributed by atoms with Crippen molar-refractivity contribution >= 4 is 11.9 Å². The fraction of sp³-hybridized carbons (Fsp3) is 0.778. The molecule has 0 spiro atoms. The van der Waals surface area contributed by atoms with Crippen LogP contribution in [0.2, 0.25) is 0 Å². The molecule has 0 rings (SSSR count). The van der Waals surface area contributed by atoms with E-state index in [-0.39, 0.29) is 19.1 Å². The molecule has 84 valence electrons. The van der Waals surface area contributed by atoms with Gasteiger partial charge >= 0.3 is 5.97 Å². The number of carbonyl (C=O) groups excluding carboxylic acids is 2. The normalized spacial score (nSPS) is 8.29. The summed E-state index contributed by atoms with van der Waals surface area (Å²) >= 11 is 0. The molecule has 0 aliphatic heterocycles. The Morgan fingerprint density at radius 2 is 1.86 bits per heavy atom. The lowest BCUT2D eigenvalue weighted by Crippen LogP contribution is -2.32. The van der Waals surface area contributed by atoms with Gasteiger partial charge in [0.05, 0.1) is 6.61 Å². The molecule has 0 bridgehead atoms. The van der Waals surface area contributed by atoms with Gasteiger partial charge in [0.15, 0.2) is 0 Å². The van der Waals surface area contributed by atoms with Crippen molar-refractivity contribution in [3.63, 3.8) is 0 Å². The Kier molecular flexibility index (Phi) is 13.1. The largest absolute Gasteiger partial charge is 0.465 e. The molecule has 0 aromatic heterocycles. The number of ether oxygens (including phenoxy) is 2. The van der Waals surface area contributed by atoms with Gasteiger partial charge in [-0.15, -0.1) is 0 Å². The average molecular weight is 205 g/mol. The van der Waals surface area contributed by atoms with Crippen molar-refractivity contribution < 1.29 is 19.1 Å². The number of carbonyl (C=O) groups is 2. The van der Waals surface area contributed by atoms with E-state index in [4.69, 9.17) is 0 Å². The van der Waals surface area contributed by atoms with E-state index in [1.54, 1.807) is 6.92 Å². The molecule has 0 saturated heterocycles. The van der Waals surface area contributed by atoms with Gasteiger partial charge in [0.1, 0.15) is 13.2 Å². The number of hydrogen-bond donors (Lipinski definition) is 1. The molecule has 1 N–H and O–H groups in total. The molecule has 0 radical (unpaired) electrons. The van der Waals surface area contributed by atoms with Crippen molar-refractivity contribution in [1.29, 1.82) is 0 Å². The second-order valence-electron chi connectivity index (χ2n) is 2.01. The maximum atomic E-state index is 10.7. The molecule has 0 aliphatic rings. The monoisotopic (exact) mass is 205 g/mol. The van der Waals surface area contributed by atoms with E-state index < -0.39 is 5.97 Å². The third kappa shape index (κ3) is 10.9. The van der Waals surface area contributed by atoms with Crippen LogP contribution in [0, 0.1) is 0 Å². The van der Waals surface area contributed by atoms with Gasteiger partial charge < -0.3 is 14.8 Å². The van der Waals surface area contributed by atoms with Crippen LogP contribution < -0.4 is 5.32 Å². The summed E-state index contributed by atoms with van der Waals surface area (Å²) in [5, 5.41) is 2.33. The molecule has 1 amide bonds. The maximum Gasteiger partial charge on any atom is 0.325 e. The summed E-state index contributed by atoms with van der Waals surface area (Å²) in [5.74, 6) is -0.771. The highest BCUT2D eigenvalue weighted by Gasteiger charge is 2.04. The summed E-state index contributed by atoms with van der Waals surface area (Å²) in [5.41, 5.74) is 0. The van der Waals surface area contributed by atoms with Gasteiger partial charge in [-0.05, 0) is 6.92 Å². The lowest BCUT2D eigenvalue weighted by atomic mass is 10.5. The van der Waals surface area contributed by atoms with Gasteiger partial charge in [-0.3, -0.25) is 9.59 Å². The Bertz CT molecular complexity index is 141. The first-order chi connectivity index (χ1) is 6.70. The SMILES string of the molecule is CC.CCOC(=O)CNC(=O)COC. The highest BCUT2D eigenvalue weighted by Crippen LogP contribution is 1.75. The Morgan fingerprint density at radius 3 is 2.29 bits per heavy atom. The van der Waals surface area contributed by atoms with Crippen LogP contribution >= 0.6 is 0 Å². The summed E-state index contributed by atoms with van der Waals surface area (Å²) in [6, 6.07) is 0. The van der Waals surface area contributed by atoms with Crippen molar-refractivity contribution in [3.05, 3.63) is 0 Å². The maximum absolute atomic E-state index is 10.7. The summed E-state index contributed by atoms with van der Waals surface area (Å²) < 4.78 is 9.11. The van der Waals surface area contributed by atoms with Crippen LogP contribution in [-0.2, 0) is 19.1 Å². The molecular weight excluding hydrogens is 186 g/mol. The molecule has 5 nitrogen and oxygen atoms in total. The highest BCUT2D eigenvalue weighted by atomic mass is 16.5. The molecule has 0 heterocycles. The molecule has 0 unspecified atom stereocenters. The molecule has 0 aromatic rings. The van der Waals surface area contributed by atoms with Crippen molar-refractivity contribution in [2.75, 3.05) is 26.9 Å². The van der Waals surface area contributed by atoms with Crippen LogP contribution in [0.15, 0.2) is 0 Å². The van der Waals surface area contributed by atoms with Crippen LogP contribution in [0.1, 0.15) is 20.8 Å². The Hall–Kier alpha value is -1.10. The third-order valence-corrected chi connectivity index (χ3v) is 1.01. The molecule has 14 heavy (non-hydrogen) atoms. The van der Waals surface area contributed by atoms with Gasteiger partial charge in [-0.25, -0.2) is 0 Å². The van der Waals surface area contributed by atoms with Gasteiger partial charge in [0.2, 0.25) is 5.91 Å². The van der Waals surface area contributed by atoms with E-state index in [1.165, 1.54) is 7.11 Å². The number of nitrogens with one attached hydrogen (secondary N) is 1. The molecule has 0 saturated carbocycles. The van der Waals surface area contributed by atoms with Crippen LogP contribution in [0.5, 0.6) is 0 Å². The fourth-order valence-electron chi connectivity index (χ4n) is 0.565. The number of hydrogen-bond acceptors (Lipinski definition) is 4. The van der Waals surface area contributed by atoms with Gasteiger partial charge in [0, 0.05) is 7.11 Å². The number of methoxy groups -OCH3 is 1. The van der Waals surface area contributed by atoms with Crippen molar-refractivity contribution in [1.82, 2.24) is 5.32 Å². The molecular formula is C9H19NO4. The second-order valence-corrected chi connectivity index (χ2v) is 2.01. The Balaban J connectivity index is 0. The lowest BCUT2D eigenvalue weighted by molar-refractivity contribution is -0.143. The summed E-state index contributed by atoms with van der Waals surface area (Å²) in [6.07, 6.45) is 0. The van der Waals surface area contributed by atoms with E-state index in [0.29, 0.717) is 6.61 Å². The fourth-order valence-corrected chi connectivity index (χ4v) is 0.565. The predicted octanol–water partition coefficient (Wildman–Crippen LogP) is 0.338. The van der Waals surface area contributed by atoms with Crippen molar-refractivity contribution in [2.45, 2.75) is 20.8 Å². The Labute approximate surface area is 84.8 Å². The zero-order valence-electron chi connectivity index (χ0n) is 9.25. The first-order valence-corrected chi connectivity index (χ1v) is 4.62. The number of esters is 1. The minimum Gasteiger partial charge on any atom is -0.465 e. The average Bonchev–Trinajstić information content (AvgIpc) is 2.19. The first kappa shape index (κ1) is 15.4. The van der Waals surface area contributed by atoms with E-state index in [9.17, 15) is 9.59 Å². The molecule has 5 heteroatoms. The van der Waals surface area contributed by atoms with Crippen LogP contribution in [0.4, 0.5) is 0 Å². The topological polar surface area (TPSA) is 64.6 Å². The predicted molar refractivity (Wildman–Crippen MR) is 52.9 cm³/mol. The van der Waals surface area contributed by atoms with Crippen LogP contribution in [0.25, 0.3) is 0 Å². The zero-order valence-corrected chi connectivity index (χ0v) is 9.25.